The Kier molecular flexibility index (Phi) is 5.86. The van der Waals surface area contributed by atoms with Crippen LogP contribution in [0.25, 0.3) is 0 Å². The van der Waals surface area contributed by atoms with Gasteiger partial charge in [-0.3, -0.25) is 9.69 Å². The van der Waals surface area contributed by atoms with Crippen LogP contribution in [-0.4, -0.2) is 36.4 Å². The molecule has 1 heterocycles. The van der Waals surface area contributed by atoms with Crippen molar-refractivity contribution in [3.8, 4) is 0 Å². The molecule has 1 spiro atoms. The summed E-state index contributed by atoms with van der Waals surface area (Å²) in [5, 5.41) is 3.00. The third-order valence-corrected chi connectivity index (χ3v) is 7.27. The molecule has 1 aliphatic heterocycles. The number of alkyl halides is 2. The molecule has 4 rings (SSSR count). The number of rotatable bonds is 5. The molecule has 1 saturated heterocycles. The maximum atomic E-state index is 14.5. The number of benzene rings is 1. The first-order valence-electron chi connectivity index (χ1n) is 10.6. The third kappa shape index (κ3) is 4.74. The van der Waals surface area contributed by atoms with Crippen molar-refractivity contribution in [1.29, 1.82) is 0 Å². The highest BCUT2D eigenvalue weighted by Crippen LogP contribution is 2.47. The summed E-state index contributed by atoms with van der Waals surface area (Å²) in [5.74, 6) is -3.77. The molecule has 1 N–H and O–H groups in total. The lowest BCUT2D eigenvalue weighted by molar-refractivity contribution is -0.133. The molecule has 0 atom stereocenters. The molecule has 1 aromatic carbocycles. The smallest absolute Gasteiger partial charge is 0.263 e. The molecule has 2 saturated carbocycles. The Labute approximate surface area is 175 Å². The van der Waals surface area contributed by atoms with Gasteiger partial charge in [-0.15, -0.1) is 0 Å². The van der Waals surface area contributed by atoms with E-state index in [0.717, 1.165) is 38.5 Å². The lowest BCUT2D eigenvalue weighted by Crippen LogP contribution is -2.60. The number of amides is 1. The Balaban J connectivity index is 1.24. The predicted octanol–water partition coefficient (Wildman–Crippen LogP) is 5.74. The van der Waals surface area contributed by atoms with Crippen LogP contribution in [0.15, 0.2) is 18.2 Å². The van der Waals surface area contributed by atoms with E-state index in [1.54, 1.807) is 0 Å². The fourth-order valence-corrected chi connectivity index (χ4v) is 5.69. The van der Waals surface area contributed by atoms with Crippen molar-refractivity contribution in [3.05, 3.63) is 29.0 Å². The summed E-state index contributed by atoms with van der Waals surface area (Å²) < 4.78 is 42.3. The molecular weight excluding hydrogens is 401 g/mol. The van der Waals surface area contributed by atoms with E-state index in [1.165, 1.54) is 18.2 Å². The van der Waals surface area contributed by atoms with Gasteiger partial charge in [0.1, 0.15) is 5.82 Å². The first kappa shape index (κ1) is 21.0. The van der Waals surface area contributed by atoms with E-state index in [1.807, 2.05) is 4.90 Å². The first-order chi connectivity index (χ1) is 13.7. The van der Waals surface area contributed by atoms with E-state index in [9.17, 15) is 18.0 Å². The number of hydrogen-bond donors (Lipinski definition) is 1. The normalized spacial score (nSPS) is 23.3. The summed E-state index contributed by atoms with van der Waals surface area (Å²) in [5.41, 5.74) is 0.453. The molecule has 3 nitrogen and oxygen atoms in total. The molecule has 0 aromatic heterocycles. The van der Waals surface area contributed by atoms with E-state index >= 15 is 0 Å². The minimum absolute atomic E-state index is 0.0880. The molecule has 29 heavy (non-hydrogen) atoms. The summed E-state index contributed by atoms with van der Waals surface area (Å²) in [7, 11) is 0. The summed E-state index contributed by atoms with van der Waals surface area (Å²) >= 11 is 5.83. The van der Waals surface area contributed by atoms with Crippen molar-refractivity contribution < 1.29 is 18.0 Å². The van der Waals surface area contributed by atoms with Gasteiger partial charge < -0.3 is 5.32 Å². The van der Waals surface area contributed by atoms with Crippen LogP contribution in [0.4, 0.5) is 18.9 Å². The standard InChI is InChI=1S/C22H28ClF3N2O/c23-17-9-18(24)11-19(10-17)27-20(29)15-5-7-21(8-6-15)12-28(13-21)14-22(25,26)16-3-1-2-4-16/h9-11,15-16H,1-8,12-14H2,(H,27,29). The van der Waals surface area contributed by atoms with Crippen LogP contribution in [0, 0.1) is 23.1 Å². The first-order valence-corrected chi connectivity index (χ1v) is 11.0. The van der Waals surface area contributed by atoms with E-state index in [2.05, 4.69) is 5.32 Å². The summed E-state index contributed by atoms with van der Waals surface area (Å²) in [6.45, 7) is 1.30. The van der Waals surface area contributed by atoms with Crippen LogP contribution >= 0.6 is 11.6 Å². The number of carbonyl (C=O) groups is 1. The number of anilines is 1. The van der Waals surface area contributed by atoms with E-state index in [4.69, 9.17) is 11.6 Å². The lowest BCUT2D eigenvalue weighted by Gasteiger charge is -2.54. The maximum Gasteiger partial charge on any atom is 0.263 e. The highest BCUT2D eigenvalue weighted by Gasteiger charge is 2.50. The van der Waals surface area contributed by atoms with Gasteiger partial charge in [-0.2, -0.15) is 0 Å². The molecular formula is C22H28ClF3N2O. The largest absolute Gasteiger partial charge is 0.326 e. The Morgan fingerprint density at radius 1 is 1.14 bits per heavy atom. The Morgan fingerprint density at radius 2 is 1.79 bits per heavy atom. The molecule has 160 valence electrons. The summed E-state index contributed by atoms with van der Waals surface area (Å²) in [6.07, 6.45) is 6.38. The van der Waals surface area contributed by atoms with Gasteiger partial charge in [-0.05, 0) is 62.1 Å². The van der Waals surface area contributed by atoms with E-state index in [-0.39, 0.29) is 28.8 Å². The van der Waals surface area contributed by atoms with Gasteiger partial charge in [-0.25, -0.2) is 13.2 Å². The van der Waals surface area contributed by atoms with Crippen molar-refractivity contribution in [2.24, 2.45) is 17.3 Å². The number of nitrogens with zero attached hydrogens (tertiary/aromatic N) is 1. The summed E-state index contributed by atoms with van der Waals surface area (Å²) in [4.78, 5) is 14.4. The Bertz CT molecular complexity index is 730. The van der Waals surface area contributed by atoms with Crippen molar-refractivity contribution >= 4 is 23.2 Å². The van der Waals surface area contributed by atoms with Gasteiger partial charge >= 0.3 is 0 Å². The van der Waals surface area contributed by atoms with Crippen molar-refractivity contribution in [3.63, 3.8) is 0 Å². The fourth-order valence-electron chi connectivity index (χ4n) is 5.47. The van der Waals surface area contributed by atoms with Crippen LogP contribution in [0.3, 0.4) is 0 Å². The van der Waals surface area contributed by atoms with E-state index < -0.39 is 17.7 Å². The number of carbonyl (C=O) groups excluding carboxylic acids is 1. The molecule has 0 unspecified atom stereocenters. The van der Waals surface area contributed by atoms with Gasteiger partial charge in [0.05, 0.1) is 6.54 Å². The zero-order valence-corrected chi connectivity index (χ0v) is 17.3. The molecule has 1 aromatic rings. The molecule has 3 aliphatic rings. The maximum absolute atomic E-state index is 14.5. The van der Waals surface area contributed by atoms with Crippen LogP contribution < -0.4 is 5.32 Å². The van der Waals surface area contributed by atoms with Gasteiger partial charge in [0.25, 0.3) is 5.92 Å². The predicted molar refractivity (Wildman–Crippen MR) is 108 cm³/mol. The minimum Gasteiger partial charge on any atom is -0.326 e. The van der Waals surface area contributed by atoms with Crippen LogP contribution in [0.2, 0.25) is 5.02 Å². The molecule has 7 heteroatoms. The van der Waals surface area contributed by atoms with Crippen molar-refractivity contribution in [2.45, 2.75) is 57.3 Å². The minimum atomic E-state index is -2.58. The number of nitrogens with one attached hydrogen (secondary N) is 1. The molecule has 0 bridgehead atoms. The average Bonchev–Trinajstić information content (AvgIpc) is 3.15. The van der Waals surface area contributed by atoms with Crippen molar-refractivity contribution in [2.75, 3.05) is 25.0 Å². The zero-order chi connectivity index (χ0) is 20.6. The second kappa shape index (κ2) is 8.10. The average molecular weight is 429 g/mol. The monoisotopic (exact) mass is 428 g/mol. The number of hydrogen-bond acceptors (Lipinski definition) is 2. The quantitative estimate of drug-likeness (QED) is 0.649. The van der Waals surface area contributed by atoms with Gasteiger partial charge in [0, 0.05) is 35.6 Å². The number of halogens is 4. The molecule has 0 radical (unpaired) electrons. The highest BCUT2D eigenvalue weighted by molar-refractivity contribution is 6.30. The second-order valence-electron chi connectivity index (χ2n) is 9.31. The van der Waals surface area contributed by atoms with Crippen LogP contribution in [-0.2, 0) is 4.79 Å². The molecule has 1 amide bonds. The summed E-state index contributed by atoms with van der Waals surface area (Å²) in [6, 6.07) is 3.98. The lowest BCUT2D eigenvalue weighted by atomic mass is 9.65. The second-order valence-corrected chi connectivity index (χ2v) is 9.75. The Morgan fingerprint density at radius 3 is 2.41 bits per heavy atom. The van der Waals surface area contributed by atoms with Gasteiger partial charge in [0.15, 0.2) is 0 Å². The zero-order valence-electron chi connectivity index (χ0n) is 16.5. The van der Waals surface area contributed by atoms with Crippen LogP contribution in [0.1, 0.15) is 51.4 Å². The van der Waals surface area contributed by atoms with Crippen LogP contribution in [0.5, 0.6) is 0 Å². The van der Waals surface area contributed by atoms with E-state index in [0.29, 0.717) is 31.6 Å². The topological polar surface area (TPSA) is 32.3 Å². The number of likely N-dealkylation sites (tertiary alicyclic amines) is 1. The molecule has 2 aliphatic carbocycles. The fraction of sp³-hybridized carbons (Fsp3) is 0.682. The van der Waals surface area contributed by atoms with Gasteiger partial charge in [-0.1, -0.05) is 24.4 Å². The third-order valence-electron chi connectivity index (χ3n) is 7.05. The highest BCUT2D eigenvalue weighted by atomic mass is 35.5. The Hall–Kier alpha value is -1.27. The molecule has 3 fully saturated rings. The van der Waals surface area contributed by atoms with Crippen molar-refractivity contribution in [1.82, 2.24) is 4.90 Å². The van der Waals surface area contributed by atoms with Gasteiger partial charge in [0.2, 0.25) is 5.91 Å². The SMILES string of the molecule is O=C(Nc1cc(F)cc(Cl)c1)C1CCC2(CC1)CN(CC(F)(F)C1CCCC1)C2.